The molecule has 0 aliphatic carbocycles. The van der Waals surface area contributed by atoms with E-state index in [2.05, 4.69) is 10.2 Å². The van der Waals surface area contributed by atoms with E-state index in [1.165, 1.54) is 5.56 Å². The molecule has 1 heterocycles. The van der Waals surface area contributed by atoms with Crippen LogP contribution in [0.3, 0.4) is 0 Å². The Morgan fingerprint density at radius 2 is 1.74 bits per heavy atom. The zero-order valence-corrected chi connectivity index (χ0v) is 13.7. The maximum absolute atomic E-state index is 5.87. The highest BCUT2D eigenvalue weighted by Gasteiger charge is 2.15. The van der Waals surface area contributed by atoms with Crippen LogP contribution in [0, 0.1) is 6.92 Å². The molecule has 118 valence electrons. The second-order valence-corrected chi connectivity index (χ2v) is 5.83. The monoisotopic (exact) mass is 328 g/mol. The van der Waals surface area contributed by atoms with Crippen LogP contribution in [0.1, 0.15) is 30.0 Å². The van der Waals surface area contributed by atoms with Crippen LogP contribution in [0.2, 0.25) is 5.02 Å². The van der Waals surface area contributed by atoms with Crippen LogP contribution in [-0.2, 0) is 11.3 Å². The van der Waals surface area contributed by atoms with Crippen molar-refractivity contribution in [1.29, 1.82) is 0 Å². The minimum atomic E-state index is -0.280. The summed E-state index contributed by atoms with van der Waals surface area (Å²) in [6, 6.07) is 15.5. The minimum absolute atomic E-state index is 0.280. The summed E-state index contributed by atoms with van der Waals surface area (Å²) >= 11 is 5.87. The smallest absolute Gasteiger partial charge is 0.247 e. The first-order valence-corrected chi connectivity index (χ1v) is 7.76. The van der Waals surface area contributed by atoms with Crippen LogP contribution < -0.4 is 0 Å². The lowest BCUT2D eigenvalue weighted by Gasteiger charge is -2.09. The summed E-state index contributed by atoms with van der Waals surface area (Å²) in [7, 11) is 0. The van der Waals surface area contributed by atoms with E-state index in [4.69, 9.17) is 20.8 Å². The number of ether oxygens (including phenoxy) is 1. The van der Waals surface area contributed by atoms with Crippen molar-refractivity contribution in [1.82, 2.24) is 10.2 Å². The Bertz CT molecular complexity index is 766. The van der Waals surface area contributed by atoms with Crippen molar-refractivity contribution >= 4 is 11.6 Å². The fourth-order valence-corrected chi connectivity index (χ4v) is 2.21. The van der Waals surface area contributed by atoms with Crippen molar-refractivity contribution in [3.8, 4) is 11.5 Å². The van der Waals surface area contributed by atoms with E-state index >= 15 is 0 Å². The number of hydrogen-bond donors (Lipinski definition) is 0. The van der Waals surface area contributed by atoms with Crippen molar-refractivity contribution in [3.63, 3.8) is 0 Å². The van der Waals surface area contributed by atoms with E-state index in [9.17, 15) is 0 Å². The van der Waals surface area contributed by atoms with Crippen molar-refractivity contribution in [2.75, 3.05) is 0 Å². The average Bonchev–Trinajstić information content (AvgIpc) is 3.05. The maximum atomic E-state index is 5.87. The molecule has 0 saturated carbocycles. The van der Waals surface area contributed by atoms with E-state index in [0.29, 0.717) is 23.4 Å². The van der Waals surface area contributed by atoms with Gasteiger partial charge in [0.1, 0.15) is 6.10 Å². The van der Waals surface area contributed by atoms with Gasteiger partial charge in [0.15, 0.2) is 0 Å². The lowest BCUT2D eigenvalue weighted by molar-refractivity contribution is 0.0348. The lowest BCUT2D eigenvalue weighted by atomic mass is 10.1. The predicted octanol–water partition coefficient (Wildman–Crippen LogP) is 4.98. The molecule has 2 aromatic carbocycles. The van der Waals surface area contributed by atoms with Crippen molar-refractivity contribution < 1.29 is 9.15 Å². The van der Waals surface area contributed by atoms with Crippen LogP contribution in [0.15, 0.2) is 52.9 Å². The molecule has 1 atom stereocenters. The Kier molecular flexibility index (Phi) is 4.74. The van der Waals surface area contributed by atoms with Gasteiger partial charge in [0.25, 0.3) is 0 Å². The normalized spacial score (nSPS) is 12.3. The molecule has 1 aromatic heterocycles. The van der Waals surface area contributed by atoms with Gasteiger partial charge < -0.3 is 9.15 Å². The van der Waals surface area contributed by atoms with Crippen molar-refractivity contribution in [3.05, 3.63) is 70.6 Å². The molecule has 0 spiro atoms. The van der Waals surface area contributed by atoms with Crippen molar-refractivity contribution in [2.24, 2.45) is 0 Å². The molecule has 0 fully saturated rings. The zero-order chi connectivity index (χ0) is 16.2. The van der Waals surface area contributed by atoms with E-state index < -0.39 is 0 Å². The van der Waals surface area contributed by atoms with Crippen molar-refractivity contribution in [2.45, 2.75) is 26.6 Å². The third-order valence-electron chi connectivity index (χ3n) is 3.50. The SMILES string of the molecule is Cc1ccc(-c2nnc([C@H](C)OCc3ccc(Cl)cc3)o2)cc1. The molecule has 0 radical (unpaired) electrons. The summed E-state index contributed by atoms with van der Waals surface area (Å²) < 4.78 is 11.5. The van der Waals surface area contributed by atoms with Gasteiger partial charge in [-0.2, -0.15) is 0 Å². The molecule has 0 unspecified atom stereocenters. The first-order chi connectivity index (χ1) is 11.1. The number of aryl methyl sites for hydroxylation is 1. The van der Waals surface area contributed by atoms with Crippen LogP contribution in [-0.4, -0.2) is 10.2 Å². The second-order valence-electron chi connectivity index (χ2n) is 5.39. The highest BCUT2D eigenvalue weighted by Crippen LogP contribution is 2.23. The lowest BCUT2D eigenvalue weighted by Crippen LogP contribution is -2.00. The molecule has 0 saturated heterocycles. The molecule has 0 amide bonds. The minimum Gasteiger partial charge on any atom is -0.418 e. The molecule has 5 heteroatoms. The third kappa shape index (κ3) is 3.97. The predicted molar refractivity (Wildman–Crippen MR) is 89.1 cm³/mol. The fraction of sp³-hybridized carbons (Fsp3) is 0.222. The number of rotatable bonds is 5. The number of halogens is 1. The van der Waals surface area contributed by atoms with Gasteiger partial charge in [-0.25, -0.2) is 0 Å². The molecule has 3 aromatic rings. The largest absolute Gasteiger partial charge is 0.418 e. The number of benzene rings is 2. The summed E-state index contributed by atoms with van der Waals surface area (Å²) in [4.78, 5) is 0. The van der Waals surface area contributed by atoms with E-state index in [1.807, 2.05) is 62.4 Å². The van der Waals surface area contributed by atoms with Gasteiger partial charge in [-0.05, 0) is 43.7 Å². The standard InChI is InChI=1S/C18H17ClN2O2/c1-12-3-7-15(8-4-12)18-21-20-17(23-18)13(2)22-11-14-5-9-16(19)10-6-14/h3-10,13H,11H2,1-2H3/t13-/m0/s1. The summed E-state index contributed by atoms with van der Waals surface area (Å²) in [5.41, 5.74) is 3.13. The van der Waals surface area contributed by atoms with E-state index in [-0.39, 0.29) is 6.10 Å². The third-order valence-corrected chi connectivity index (χ3v) is 3.75. The first kappa shape index (κ1) is 15.7. The number of hydrogen-bond acceptors (Lipinski definition) is 4. The Hall–Kier alpha value is -2.17. The summed E-state index contributed by atoms with van der Waals surface area (Å²) in [6.07, 6.45) is -0.280. The molecule has 0 aliphatic rings. The highest BCUT2D eigenvalue weighted by molar-refractivity contribution is 6.30. The molecule has 0 aliphatic heterocycles. The van der Waals surface area contributed by atoms with Gasteiger partial charge in [-0.1, -0.05) is 41.4 Å². The topological polar surface area (TPSA) is 48.2 Å². The molecule has 4 nitrogen and oxygen atoms in total. The highest BCUT2D eigenvalue weighted by atomic mass is 35.5. The maximum Gasteiger partial charge on any atom is 0.247 e. The number of nitrogens with zero attached hydrogens (tertiary/aromatic N) is 2. The Morgan fingerprint density at radius 1 is 1.04 bits per heavy atom. The molecule has 0 bridgehead atoms. The average molecular weight is 329 g/mol. The van der Waals surface area contributed by atoms with Gasteiger partial charge in [-0.3, -0.25) is 0 Å². The van der Waals surface area contributed by atoms with Crippen LogP contribution >= 0.6 is 11.6 Å². The summed E-state index contributed by atoms with van der Waals surface area (Å²) in [5, 5.41) is 8.88. The molecular formula is C18H17ClN2O2. The van der Waals surface area contributed by atoms with Gasteiger partial charge in [-0.15, -0.1) is 10.2 Å². The van der Waals surface area contributed by atoms with Gasteiger partial charge in [0.05, 0.1) is 6.61 Å². The van der Waals surface area contributed by atoms with Crippen LogP contribution in [0.25, 0.3) is 11.5 Å². The fourth-order valence-electron chi connectivity index (χ4n) is 2.08. The second kappa shape index (κ2) is 6.94. The Labute approximate surface area is 140 Å². The zero-order valence-electron chi connectivity index (χ0n) is 13.0. The van der Waals surface area contributed by atoms with Gasteiger partial charge >= 0.3 is 0 Å². The molecular weight excluding hydrogens is 312 g/mol. The van der Waals surface area contributed by atoms with E-state index in [0.717, 1.165) is 11.1 Å². The summed E-state index contributed by atoms with van der Waals surface area (Å²) in [6.45, 7) is 4.39. The van der Waals surface area contributed by atoms with Gasteiger partial charge in [0.2, 0.25) is 11.8 Å². The molecule has 0 N–H and O–H groups in total. The van der Waals surface area contributed by atoms with E-state index in [1.54, 1.807) is 0 Å². The Morgan fingerprint density at radius 3 is 2.43 bits per heavy atom. The Balaban J connectivity index is 1.65. The van der Waals surface area contributed by atoms with Crippen LogP contribution in [0.4, 0.5) is 0 Å². The molecule has 3 rings (SSSR count). The van der Waals surface area contributed by atoms with Gasteiger partial charge in [0, 0.05) is 10.6 Å². The summed E-state index contributed by atoms with van der Waals surface area (Å²) in [5.74, 6) is 0.969. The quantitative estimate of drug-likeness (QED) is 0.663. The number of aromatic nitrogens is 2. The first-order valence-electron chi connectivity index (χ1n) is 7.38. The molecule has 23 heavy (non-hydrogen) atoms. The van der Waals surface area contributed by atoms with Crippen LogP contribution in [0.5, 0.6) is 0 Å².